The molecule has 0 bridgehead atoms. The fourth-order valence-corrected chi connectivity index (χ4v) is 6.07. The maximum atomic E-state index is 15.6. The Labute approximate surface area is 258 Å². The monoisotopic (exact) mass is 642 g/mol. The van der Waals surface area contributed by atoms with E-state index in [2.05, 4.69) is 10.3 Å². The van der Waals surface area contributed by atoms with Gasteiger partial charge in [-0.05, 0) is 68.1 Å². The molecule has 1 aliphatic carbocycles. The van der Waals surface area contributed by atoms with Gasteiger partial charge in [-0.2, -0.15) is 0 Å². The summed E-state index contributed by atoms with van der Waals surface area (Å²) in [6.07, 6.45) is 3.98. The predicted molar refractivity (Wildman–Crippen MR) is 161 cm³/mol. The van der Waals surface area contributed by atoms with Crippen LogP contribution in [0.15, 0.2) is 60.8 Å². The summed E-state index contributed by atoms with van der Waals surface area (Å²) in [5.74, 6) is -2.47. The summed E-state index contributed by atoms with van der Waals surface area (Å²) in [6.45, 7) is 0.639. The van der Waals surface area contributed by atoms with Crippen molar-refractivity contribution < 1.29 is 36.3 Å². The summed E-state index contributed by atoms with van der Waals surface area (Å²) < 4.78 is 59.9. The number of nitrogens with two attached hydrogens (primary N) is 1. The Hall–Kier alpha value is -4.63. The average molecular weight is 643 g/mol. The number of nitrogens with zero attached hydrogens (tertiary/aromatic N) is 4. The summed E-state index contributed by atoms with van der Waals surface area (Å²) in [4.78, 5) is 45.1. The van der Waals surface area contributed by atoms with E-state index in [1.54, 1.807) is 7.05 Å². The molecule has 45 heavy (non-hydrogen) atoms. The molecule has 4 amide bonds. The lowest BCUT2D eigenvalue weighted by molar-refractivity contribution is -0.133. The number of halogens is 2. The number of ether oxygens (including phenoxy) is 1. The first-order valence-electron chi connectivity index (χ1n) is 14.1. The molecule has 238 valence electrons. The summed E-state index contributed by atoms with van der Waals surface area (Å²) in [5, 5.41) is 2.69. The van der Waals surface area contributed by atoms with Crippen molar-refractivity contribution in [1.82, 2.24) is 14.2 Å². The van der Waals surface area contributed by atoms with Gasteiger partial charge in [-0.1, -0.05) is 0 Å². The number of hydrogen-bond acceptors (Lipinski definition) is 7. The summed E-state index contributed by atoms with van der Waals surface area (Å²) in [5.41, 5.74) is 4.01. The second-order valence-corrected chi connectivity index (χ2v) is 13.1. The van der Waals surface area contributed by atoms with Gasteiger partial charge in [-0.15, -0.1) is 0 Å². The number of primary amides is 1. The molecule has 1 saturated carbocycles. The van der Waals surface area contributed by atoms with Crippen molar-refractivity contribution in [2.75, 3.05) is 36.6 Å². The minimum Gasteiger partial charge on any atom is -0.457 e. The number of anilines is 3. The lowest BCUT2D eigenvalue weighted by atomic mass is 10.0. The lowest BCUT2D eigenvalue weighted by Crippen LogP contribution is -2.48. The van der Waals surface area contributed by atoms with Gasteiger partial charge in [0.05, 0.1) is 11.9 Å². The highest BCUT2D eigenvalue weighted by Crippen LogP contribution is 2.49. The number of sulfonamides is 1. The number of rotatable bonds is 9. The van der Waals surface area contributed by atoms with Crippen LogP contribution in [0, 0.1) is 17.0 Å². The second-order valence-electron chi connectivity index (χ2n) is 11.1. The van der Waals surface area contributed by atoms with Crippen molar-refractivity contribution in [2.45, 2.75) is 31.7 Å². The molecule has 2 aliphatic rings. The molecule has 5 rings (SSSR count). The Morgan fingerprint density at radius 3 is 2.24 bits per heavy atom. The van der Waals surface area contributed by atoms with Crippen LogP contribution >= 0.6 is 0 Å². The Bertz CT molecular complexity index is 1730. The van der Waals surface area contributed by atoms with Gasteiger partial charge >= 0.3 is 6.03 Å². The maximum Gasteiger partial charge on any atom is 0.323 e. The molecule has 0 radical (unpaired) electrons. The molecule has 15 heteroatoms. The molecule has 3 N–H and O–H groups in total. The van der Waals surface area contributed by atoms with Gasteiger partial charge in [-0.25, -0.2) is 31.3 Å². The fourth-order valence-electron chi connectivity index (χ4n) is 5.20. The predicted octanol–water partition coefficient (Wildman–Crippen LogP) is 3.97. The maximum absolute atomic E-state index is 15.6. The van der Waals surface area contributed by atoms with E-state index in [-0.39, 0.29) is 47.6 Å². The molecular weight excluding hydrogens is 610 g/mol. The zero-order valence-corrected chi connectivity index (χ0v) is 25.4. The van der Waals surface area contributed by atoms with Crippen LogP contribution in [0.4, 0.5) is 30.8 Å². The van der Waals surface area contributed by atoms with Crippen LogP contribution in [0.25, 0.3) is 0 Å². The molecule has 2 fully saturated rings. The molecule has 2 aromatic carbocycles. The number of pyridine rings is 1. The molecule has 1 aliphatic heterocycles. The number of amides is 4. The fraction of sp³-hybridized carbons (Fsp3) is 0.333. The minimum atomic E-state index is -3.29. The first kappa shape index (κ1) is 31.8. The number of hydrogen-bond donors (Lipinski definition) is 2. The van der Waals surface area contributed by atoms with Gasteiger partial charge < -0.3 is 15.4 Å². The number of benzene rings is 2. The van der Waals surface area contributed by atoms with E-state index in [9.17, 15) is 27.2 Å². The molecule has 0 unspecified atom stereocenters. The number of aromatic nitrogens is 1. The highest BCUT2D eigenvalue weighted by Gasteiger charge is 2.57. The molecule has 12 nitrogen and oxygen atoms in total. The first-order chi connectivity index (χ1) is 21.3. The highest BCUT2D eigenvalue weighted by molar-refractivity contribution is 7.88. The molecule has 1 saturated heterocycles. The van der Waals surface area contributed by atoms with Crippen LogP contribution in [0.2, 0.25) is 0 Å². The van der Waals surface area contributed by atoms with Gasteiger partial charge in [0, 0.05) is 50.2 Å². The Kier molecular flexibility index (Phi) is 8.76. The molecular formula is C30H32F2N6O6S. The molecule has 0 spiro atoms. The van der Waals surface area contributed by atoms with Gasteiger partial charge in [0.1, 0.15) is 28.5 Å². The van der Waals surface area contributed by atoms with Gasteiger partial charge in [0.15, 0.2) is 5.82 Å². The van der Waals surface area contributed by atoms with E-state index >= 15 is 4.39 Å². The zero-order chi connectivity index (χ0) is 32.5. The second kappa shape index (κ2) is 12.4. The quantitative estimate of drug-likeness (QED) is 0.335. The third-order valence-corrected chi connectivity index (χ3v) is 9.34. The summed E-state index contributed by atoms with van der Waals surface area (Å²) in [7, 11) is -1.67. The third kappa shape index (κ3) is 6.88. The SMILES string of the molecule is CN(C(=O)Nc1cc(Oc2ccc(N(C(=O)C3(C(N)=O)CC3)c3ccc(F)cc3)c(F)c2)ccn1)C1CCN(S(C)(=O)=O)CC1. The number of nitrogens with one attached hydrogen (secondary N) is 1. The number of carbonyl (C=O) groups is 3. The number of urea groups is 1. The highest BCUT2D eigenvalue weighted by atomic mass is 32.2. The third-order valence-electron chi connectivity index (χ3n) is 8.04. The van der Waals surface area contributed by atoms with Crippen LogP contribution in [-0.4, -0.2) is 72.9 Å². The average Bonchev–Trinajstić information content (AvgIpc) is 3.81. The van der Waals surface area contributed by atoms with Crippen LogP contribution in [0.1, 0.15) is 25.7 Å². The molecule has 0 atom stereocenters. The molecule has 3 aromatic rings. The van der Waals surface area contributed by atoms with Crippen molar-refractivity contribution in [2.24, 2.45) is 11.1 Å². The Balaban J connectivity index is 1.29. The van der Waals surface area contributed by atoms with Crippen molar-refractivity contribution in [3.8, 4) is 11.5 Å². The van der Waals surface area contributed by atoms with E-state index < -0.39 is 44.9 Å². The van der Waals surface area contributed by atoms with E-state index in [1.165, 1.54) is 51.8 Å². The Morgan fingerprint density at radius 2 is 1.67 bits per heavy atom. The number of piperidine rings is 1. The van der Waals surface area contributed by atoms with Crippen LogP contribution in [0.3, 0.4) is 0 Å². The minimum absolute atomic E-state index is 0.0667. The van der Waals surface area contributed by atoms with E-state index in [1.807, 2.05) is 0 Å². The van der Waals surface area contributed by atoms with E-state index in [0.29, 0.717) is 25.9 Å². The van der Waals surface area contributed by atoms with Crippen molar-refractivity contribution in [1.29, 1.82) is 0 Å². The van der Waals surface area contributed by atoms with Crippen LogP contribution in [-0.2, 0) is 19.6 Å². The number of carbonyl (C=O) groups excluding carboxylic acids is 3. The van der Waals surface area contributed by atoms with Gasteiger partial charge in [-0.3, -0.25) is 19.8 Å². The molecule has 2 heterocycles. The van der Waals surface area contributed by atoms with Gasteiger partial charge in [0.2, 0.25) is 21.8 Å². The summed E-state index contributed by atoms with van der Waals surface area (Å²) >= 11 is 0. The standard InChI is InChI=1S/C30H32F2N6O6S/c1-36(20-10-15-37(16-11-20)45(2,42)43)29(41)35-26-18-23(9-14-34-26)44-22-7-8-25(24(32)17-22)38(21-5-3-19(31)4-6-21)28(40)30(12-13-30)27(33)39/h3-9,14,17-18,20H,10-13,15-16H2,1-2H3,(H2,33,39)(H,34,35,41). The van der Waals surface area contributed by atoms with Crippen LogP contribution < -0.4 is 20.7 Å². The summed E-state index contributed by atoms with van der Waals surface area (Å²) in [6, 6.07) is 11.0. The van der Waals surface area contributed by atoms with Crippen molar-refractivity contribution >= 4 is 45.1 Å². The largest absolute Gasteiger partial charge is 0.457 e. The van der Waals surface area contributed by atoms with Crippen molar-refractivity contribution in [3.63, 3.8) is 0 Å². The lowest BCUT2D eigenvalue weighted by Gasteiger charge is -2.35. The van der Waals surface area contributed by atoms with Gasteiger partial charge in [0.25, 0.3) is 0 Å². The first-order valence-corrected chi connectivity index (χ1v) is 16.0. The molecule has 1 aromatic heterocycles. The van der Waals surface area contributed by atoms with Crippen molar-refractivity contribution in [3.05, 3.63) is 72.4 Å². The topological polar surface area (TPSA) is 155 Å². The normalized spacial score (nSPS) is 16.4. The van der Waals surface area contributed by atoms with Crippen LogP contribution in [0.5, 0.6) is 11.5 Å². The Morgan fingerprint density at radius 1 is 1.02 bits per heavy atom. The van der Waals surface area contributed by atoms with E-state index in [0.717, 1.165) is 29.4 Å². The smallest absolute Gasteiger partial charge is 0.323 e. The zero-order valence-electron chi connectivity index (χ0n) is 24.6. The van der Waals surface area contributed by atoms with E-state index in [4.69, 9.17) is 10.5 Å².